The lowest BCUT2D eigenvalue weighted by atomic mass is 9.93. The Morgan fingerprint density at radius 1 is 1.26 bits per heavy atom. The quantitative estimate of drug-likeness (QED) is 0.314. The minimum atomic E-state index is -4.82. The van der Waals surface area contributed by atoms with Crippen LogP contribution in [-0.2, 0) is 19.1 Å². The predicted molar refractivity (Wildman–Crippen MR) is 108 cm³/mol. The highest BCUT2D eigenvalue weighted by Crippen LogP contribution is 2.38. The summed E-state index contributed by atoms with van der Waals surface area (Å²) in [5.41, 5.74) is -1.04. The molecule has 1 saturated heterocycles. The summed E-state index contributed by atoms with van der Waals surface area (Å²) in [6.45, 7) is 1.70. The van der Waals surface area contributed by atoms with Crippen LogP contribution in [0.5, 0.6) is 0 Å². The molecule has 3 heterocycles. The van der Waals surface area contributed by atoms with Gasteiger partial charge in [0.05, 0.1) is 17.3 Å². The fourth-order valence-electron chi connectivity index (χ4n) is 3.70. The third-order valence-corrected chi connectivity index (χ3v) is 9.13. The van der Waals surface area contributed by atoms with Crippen molar-refractivity contribution in [3.8, 4) is 0 Å². The number of ether oxygens (including phenoxy) is 1. The molecule has 4 rings (SSSR count). The molecule has 15 heteroatoms. The molecule has 2 aliphatic rings. The monoisotopic (exact) mass is 477 g/mol. The molecular weight excluding hydrogens is 453 g/mol. The number of nitrogens with zero attached hydrogens (tertiary/aromatic N) is 4. The van der Waals surface area contributed by atoms with E-state index < -0.39 is 53.2 Å². The van der Waals surface area contributed by atoms with Crippen LogP contribution in [0.4, 0.5) is 5.82 Å². The Morgan fingerprint density at radius 3 is 2.58 bits per heavy atom. The standard InChI is InChI=1S/C16H24N5O8PS/c1-8-18-14(20-9-3-2-4-9)10-5-17-21(15(10)19-8)16-13(23)12(22)11(29-16)6-31(27,28)7-30(24,25)26/h5,9,11-13,16,22-23H,2-4,6-7H2,1H3,(H,18,19,20)(H2,24,25,26)/t11-,12-,13-,16-/m1/s1. The van der Waals surface area contributed by atoms with Crippen molar-refractivity contribution in [3.05, 3.63) is 12.0 Å². The van der Waals surface area contributed by atoms with E-state index in [0.717, 1.165) is 19.3 Å². The van der Waals surface area contributed by atoms with E-state index in [0.29, 0.717) is 28.7 Å². The van der Waals surface area contributed by atoms with E-state index in [2.05, 4.69) is 20.4 Å². The van der Waals surface area contributed by atoms with Gasteiger partial charge in [0.2, 0.25) is 0 Å². The molecule has 0 spiro atoms. The maximum atomic E-state index is 12.1. The molecule has 2 fully saturated rings. The number of anilines is 1. The van der Waals surface area contributed by atoms with Crippen molar-refractivity contribution < 1.29 is 37.7 Å². The SMILES string of the molecule is Cc1nc(NC2CCC2)c2cnn([C@@H]3O[C@H](CS(=O)(=O)CP(=O)(O)O)[C@@H](O)[C@H]3O)c2n1. The zero-order valence-corrected chi connectivity index (χ0v) is 18.3. The van der Waals surface area contributed by atoms with E-state index in [9.17, 15) is 23.2 Å². The number of hydrogen-bond acceptors (Lipinski definition) is 10. The first-order chi connectivity index (χ1) is 14.4. The van der Waals surface area contributed by atoms with Crippen molar-refractivity contribution in [2.75, 3.05) is 16.6 Å². The first-order valence-electron chi connectivity index (χ1n) is 9.68. The molecule has 2 aromatic rings. The van der Waals surface area contributed by atoms with E-state index >= 15 is 0 Å². The Labute approximate surface area is 177 Å². The summed E-state index contributed by atoms with van der Waals surface area (Å²) in [6.07, 6.45) is -1.09. The van der Waals surface area contributed by atoms with E-state index in [4.69, 9.17) is 14.5 Å². The molecule has 172 valence electrons. The van der Waals surface area contributed by atoms with Gasteiger partial charge in [-0.1, -0.05) is 0 Å². The topological polar surface area (TPSA) is 197 Å². The molecule has 5 N–H and O–H groups in total. The Bertz CT molecular complexity index is 1130. The molecular formula is C16H24N5O8PS. The van der Waals surface area contributed by atoms with Crippen LogP contribution in [0.1, 0.15) is 31.3 Å². The van der Waals surface area contributed by atoms with Gasteiger partial charge in [-0.3, -0.25) is 4.57 Å². The summed E-state index contributed by atoms with van der Waals surface area (Å²) in [6, 6.07) is 0.305. The number of nitrogens with one attached hydrogen (secondary N) is 1. The highest BCUT2D eigenvalue weighted by molar-refractivity contribution is 7.97. The summed E-state index contributed by atoms with van der Waals surface area (Å²) < 4.78 is 42.0. The molecule has 0 bridgehead atoms. The lowest BCUT2D eigenvalue weighted by molar-refractivity contribution is -0.0364. The van der Waals surface area contributed by atoms with Gasteiger partial charge in [-0.25, -0.2) is 23.1 Å². The lowest BCUT2D eigenvalue weighted by Crippen LogP contribution is -2.36. The Hall–Kier alpha value is -1.67. The van der Waals surface area contributed by atoms with Gasteiger partial charge in [0.1, 0.15) is 30.0 Å². The lowest BCUT2D eigenvalue weighted by Gasteiger charge is -2.27. The number of fused-ring (bicyclic) bond motifs is 1. The van der Waals surface area contributed by atoms with Crippen LogP contribution >= 0.6 is 7.60 Å². The number of aryl methyl sites for hydroxylation is 1. The third kappa shape index (κ3) is 4.75. The highest BCUT2D eigenvalue weighted by atomic mass is 32.2. The summed E-state index contributed by atoms with van der Waals surface area (Å²) in [5, 5.41) is 28.9. The Balaban J connectivity index is 1.60. The van der Waals surface area contributed by atoms with Crippen LogP contribution in [0, 0.1) is 6.92 Å². The number of aliphatic hydroxyl groups excluding tert-OH is 2. The number of rotatable bonds is 7. The maximum absolute atomic E-state index is 12.1. The van der Waals surface area contributed by atoms with E-state index in [-0.39, 0.29) is 0 Å². The minimum absolute atomic E-state index is 0.305. The molecule has 0 aromatic carbocycles. The summed E-state index contributed by atoms with van der Waals surface area (Å²) >= 11 is 0. The molecule has 31 heavy (non-hydrogen) atoms. The van der Waals surface area contributed by atoms with Gasteiger partial charge in [0.15, 0.2) is 27.2 Å². The van der Waals surface area contributed by atoms with Gasteiger partial charge in [0, 0.05) is 6.04 Å². The fourth-order valence-corrected chi connectivity index (χ4v) is 6.95. The fraction of sp³-hybridized carbons (Fsp3) is 0.688. The average molecular weight is 477 g/mol. The zero-order valence-electron chi connectivity index (χ0n) is 16.6. The first kappa shape index (κ1) is 22.5. The number of aromatic nitrogens is 4. The molecule has 0 radical (unpaired) electrons. The second-order valence-electron chi connectivity index (χ2n) is 7.97. The molecule has 1 aliphatic heterocycles. The number of aliphatic hydroxyl groups is 2. The smallest absolute Gasteiger partial charge is 0.340 e. The van der Waals surface area contributed by atoms with E-state index in [1.54, 1.807) is 6.92 Å². The molecule has 0 amide bonds. The molecule has 4 atom stereocenters. The van der Waals surface area contributed by atoms with Crippen molar-refractivity contribution in [1.29, 1.82) is 0 Å². The summed E-state index contributed by atoms with van der Waals surface area (Å²) in [5.74, 6) is 0.172. The number of sulfone groups is 1. The normalized spacial score (nSPS) is 27.5. The van der Waals surface area contributed by atoms with Gasteiger partial charge < -0.3 is 30.1 Å². The summed E-state index contributed by atoms with van der Waals surface area (Å²) in [4.78, 5) is 26.7. The van der Waals surface area contributed by atoms with Gasteiger partial charge in [0.25, 0.3) is 0 Å². The van der Waals surface area contributed by atoms with Gasteiger partial charge in [-0.2, -0.15) is 5.10 Å². The summed E-state index contributed by atoms with van der Waals surface area (Å²) in [7, 11) is -9.09. The van der Waals surface area contributed by atoms with Crippen LogP contribution < -0.4 is 5.32 Å². The van der Waals surface area contributed by atoms with Crippen molar-refractivity contribution in [1.82, 2.24) is 19.7 Å². The van der Waals surface area contributed by atoms with Crippen molar-refractivity contribution >= 4 is 34.3 Å². The second-order valence-corrected chi connectivity index (χ2v) is 12.2. The number of hydrogen-bond donors (Lipinski definition) is 5. The second kappa shape index (κ2) is 8.03. The third-order valence-electron chi connectivity index (χ3n) is 5.37. The van der Waals surface area contributed by atoms with Gasteiger partial charge >= 0.3 is 7.60 Å². The van der Waals surface area contributed by atoms with Gasteiger partial charge in [-0.05, 0) is 26.2 Å². The van der Waals surface area contributed by atoms with Crippen molar-refractivity contribution in [2.24, 2.45) is 0 Å². The van der Waals surface area contributed by atoms with Gasteiger partial charge in [-0.15, -0.1) is 0 Å². The molecule has 1 saturated carbocycles. The zero-order chi connectivity index (χ0) is 22.6. The van der Waals surface area contributed by atoms with Crippen LogP contribution in [0.25, 0.3) is 11.0 Å². The Kier molecular flexibility index (Phi) is 5.83. The molecule has 13 nitrogen and oxygen atoms in total. The average Bonchev–Trinajstić information content (AvgIpc) is 3.11. The molecule has 1 aliphatic carbocycles. The van der Waals surface area contributed by atoms with E-state index in [1.807, 2.05) is 0 Å². The minimum Gasteiger partial charge on any atom is -0.387 e. The first-order valence-corrected chi connectivity index (χ1v) is 13.3. The predicted octanol–water partition coefficient (Wildman–Crippen LogP) is -0.732. The highest BCUT2D eigenvalue weighted by Gasteiger charge is 2.47. The molecule has 0 unspecified atom stereocenters. The Morgan fingerprint density at radius 2 is 1.97 bits per heavy atom. The van der Waals surface area contributed by atoms with Crippen LogP contribution in [0.3, 0.4) is 0 Å². The van der Waals surface area contributed by atoms with E-state index in [1.165, 1.54) is 10.9 Å². The maximum Gasteiger partial charge on any atom is 0.340 e. The van der Waals surface area contributed by atoms with Crippen LogP contribution in [0.15, 0.2) is 6.20 Å². The molecule has 2 aromatic heterocycles. The van der Waals surface area contributed by atoms with Crippen molar-refractivity contribution in [2.45, 2.75) is 56.8 Å². The van der Waals surface area contributed by atoms with Crippen LogP contribution in [-0.4, -0.2) is 83.8 Å². The largest absolute Gasteiger partial charge is 0.387 e. The van der Waals surface area contributed by atoms with Crippen LogP contribution in [0.2, 0.25) is 0 Å². The van der Waals surface area contributed by atoms with Crippen molar-refractivity contribution in [3.63, 3.8) is 0 Å².